The fraction of sp³-hybridized carbons (Fsp3) is 0.333. The van der Waals surface area contributed by atoms with E-state index in [1.807, 2.05) is 12.1 Å². The van der Waals surface area contributed by atoms with Gasteiger partial charge in [-0.2, -0.15) is 0 Å². The van der Waals surface area contributed by atoms with Gasteiger partial charge in [0.1, 0.15) is 0 Å². The third-order valence-corrected chi connectivity index (χ3v) is 2.57. The van der Waals surface area contributed by atoms with Crippen LogP contribution in [-0.2, 0) is 6.42 Å². The molecule has 0 spiro atoms. The zero-order chi connectivity index (χ0) is 10.4. The fourth-order valence-electron chi connectivity index (χ4n) is 1.33. The highest BCUT2D eigenvalue weighted by Crippen LogP contribution is 2.18. The van der Waals surface area contributed by atoms with Crippen molar-refractivity contribution in [3.05, 3.63) is 39.9 Å². The van der Waals surface area contributed by atoms with E-state index in [-0.39, 0.29) is 6.61 Å². The van der Waals surface area contributed by atoms with Crippen LogP contribution in [0.2, 0.25) is 0 Å². The molecular weight excluding hydrogens is 240 g/mol. The Kier molecular flexibility index (Phi) is 4.91. The summed E-state index contributed by atoms with van der Waals surface area (Å²) in [6, 6.07) is 6.27. The maximum atomic E-state index is 8.66. The topological polar surface area (TPSA) is 20.2 Å². The number of aryl methyl sites for hydroxylation is 1. The van der Waals surface area contributed by atoms with Crippen LogP contribution >= 0.6 is 15.9 Å². The molecule has 0 fully saturated rings. The van der Waals surface area contributed by atoms with Gasteiger partial charge in [-0.15, -0.1) is 0 Å². The first-order valence-corrected chi connectivity index (χ1v) is 5.63. The molecule has 14 heavy (non-hydrogen) atoms. The number of hydrogen-bond donors (Lipinski definition) is 1. The third-order valence-electron chi connectivity index (χ3n) is 2.08. The van der Waals surface area contributed by atoms with E-state index in [2.05, 4.69) is 41.1 Å². The summed E-state index contributed by atoms with van der Waals surface area (Å²) < 4.78 is 1.12. The molecule has 1 aromatic rings. The fourth-order valence-corrected chi connectivity index (χ4v) is 1.74. The number of aliphatic hydroxyl groups excluding tert-OH is 1. The van der Waals surface area contributed by atoms with Gasteiger partial charge in [-0.05, 0) is 36.1 Å². The molecular formula is C12H15BrO. The van der Waals surface area contributed by atoms with Gasteiger partial charge in [0, 0.05) is 11.1 Å². The quantitative estimate of drug-likeness (QED) is 0.874. The second kappa shape index (κ2) is 5.99. The molecule has 0 saturated heterocycles. The highest BCUT2D eigenvalue weighted by molar-refractivity contribution is 9.10. The highest BCUT2D eigenvalue weighted by Gasteiger charge is 1.97. The number of hydrogen-bond acceptors (Lipinski definition) is 1. The minimum absolute atomic E-state index is 0.217. The molecule has 0 bridgehead atoms. The molecule has 1 aromatic carbocycles. The van der Waals surface area contributed by atoms with Crippen LogP contribution in [0.15, 0.2) is 28.7 Å². The van der Waals surface area contributed by atoms with Crippen molar-refractivity contribution in [1.82, 2.24) is 0 Å². The van der Waals surface area contributed by atoms with Crippen molar-refractivity contribution in [3.8, 4) is 0 Å². The Morgan fingerprint density at radius 1 is 1.43 bits per heavy atom. The van der Waals surface area contributed by atoms with Gasteiger partial charge < -0.3 is 5.11 Å². The number of rotatable bonds is 4. The van der Waals surface area contributed by atoms with E-state index < -0.39 is 0 Å². The standard InChI is InChI=1S/C12H15BrO/c1-2-10-9-12(13)7-6-11(10)5-3-4-8-14/h3,5-7,9,14H,2,4,8H2,1H3. The van der Waals surface area contributed by atoms with Crippen LogP contribution in [0.3, 0.4) is 0 Å². The summed E-state index contributed by atoms with van der Waals surface area (Å²) in [4.78, 5) is 0. The maximum Gasteiger partial charge on any atom is 0.0465 e. The summed E-state index contributed by atoms with van der Waals surface area (Å²) in [6.07, 6.45) is 5.82. The molecule has 2 heteroatoms. The highest BCUT2D eigenvalue weighted by atomic mass is 79.9. The molecule has 76 valence electrons. The van der Waals surface area contributed by atoms with Crippen molar-refractivity contribution in [2.45, 2.75) is 19.8 Å². The summed E-state index contributed by atoms with van der Waals surface area (Å²) in [5.41, 5.74) is 2.57. The van der Waals surface area contributed by atoms with Gasteiger partial charge in [-0.25, -0.2) is 0 Å². The monoisotopic (exact) mass is 254 g/mol. The van der Waals surface area contributed by atoms with Gasteiger partial charge in [0.15, 0.2) is 0 Å². The second-order valence-electron chi connectivity index (χ2n) is 3.11. The molecule has 0 aliphatic heterocycles. The first-order chi connectivity index (χ1) is 6.77. The van der Waals surface area contributed by atoms with Gasteiger partial charge in [-0.1, -0.05) is 41.1 Å². The molecule has 1 nitrogen and oxygen atoms in total. The normalized spacial score (nSPS) is 11.1. The SMILES string of the molecule is CCc1cc(Br)ccc1C=CCCO. The Bertz CT molecular complexity index is 318. The Balaban J connectivity index is 2.85. The van der Waals surface area contributed by atoms with Crippen LogP contribution in [0.5, 0.6) is 0 Å². The Morgan fingerprint density at radius 3 is 2.86 bits per heavy atom. The molecule has 0 radical (unpaired) electrons. The minimum atomic E-state index is 0.217. The molecule has 0 atom stereocenters. The van der Waals surface area contributed by atoms with Gasteiger partial charge in [0.25, 0.3) is 0 Å². The van der Waals surface area contributed by atoms with Crippen LogP contribution in [0.25, 0.3) is 6.08 Å². The molecule has 1 rings (SSSR count). The first kappa shape index (κ1) is 11.5. The van der Waals surface area contributed by atoms with Gasteiger partial charge in [-0.3, -0.25) is 0 Å². The van der Waals surface area contributed by atoms with E-state index >= 15 is 0 Å². The Morgan fingerprint density at radius 2 is 2.21 bits per heavy atom. The zero-order valence-corrected chi connectivity index (χ0v) is 9.92. The third kappa shape index (κ3) is 3.28. The van der Waals surface area contributed by atoms with E-state index in [1.165, 1.54) is 11.1 Å². The van der Waals surface area contributed by atoms with E-state index in [9.17, 15) is 0 Å². The Labute approximate surface area is 93.6 Å². The number of aliphatic hydroxyl groups is 1. The van der Waals surface area contributed by atoms with E-state index in [1.54, 1.807) is 0 Å². The lowest BCUT2D eigenvalue weighted by molar-refractivity contribution is 0.303. The van der Waals surface area contributed by atoms with Gasteiger partial charge >= 0.3 is 0 Å². The van der Waals surface area contributed by atoms with Crippen LogP contribution in [0.4, 0.5) is 0 Å². The zero-order valence-electron chi connectivity index (χ0n) is 8.33. The summed E-state index contributed by atoms with van der Waals surface area (Å²) in [7, 11) is 0. The molecule has 0 aliphatic carbocycles. The van der Waals surface area contributed by atoms with Crippen LogP contribution in [-0.4, -0.2) is 11.7 Å². The predicted molar refractivity (Wildman–Crippen MR) is 64.3 cm³/mol. The number of halogens is 1. The average Bonchev–Trinajstić information content (AvgIpc) is 2.20. The van der Waals surface area contributed by atoms with Crippen molar-refractivity contribution >= 4 is 22.0 Å². The van der Waals surface area contributed by atoms with E-state index in [0.29, 0.717) is 0 Å². The minimum Gasteiger partial charge on any atom is -0.396 e. The van der Waals surface area contributed by atoms with Crippen molar-refractivity contribution in [1.29, 1.82) is 0 Å². The summed E-state index contributed by atoms with van der Waals surface area (Å²) in [6.45, 7) is 2.36. The molecule has 0 heterocycles. The van der Waals surface area contributed by atoms with Crippen molar-refractivity contribution < 1.29 is 5.11 Å². The number of benzene rings is 1. The molecule has 1 N–H and O–H groups in total. The summed E-state index contributed by atoms with van der Waals surface area (Å²) in [5.74, 6) is 0. The molecule has 0 saturated carbocycles. The molecule has 0 aromatic heterocycles. The summed E-state index contributed by atoms with van der Waals surface area (Å²) >= 11 is 3.45. The molecule has 0 amide bonds. The molecule has 0 unspecified atom stereocenters. The smallest absolute Gasteiger partial charge is 0.0465 e. The van der Waals surface area contributed by atoms with Gasteiger partial charge in [0.05, 0.1) is 0 Å². The maximum absolute atomic E-state index is 8.66. The van der Waals surface area contributed by atoms with Crippen molar-refractivity contribution in [3.63, 3.8) is 0 Å². The lowest BCUT2D eigenvalue weighted by atomic mass is 10.0. The first-order valence-electron chi connectivity index (χ1n) is 4.83. The lowest BCUT2D eigenvalue weighted by Crippen LogP contribution is -1.86. The largest absolute Gasteiger partial charge is 0.396 e. The van der Waals surface area contributed by atoms with Crippen molar-refractivity contribution in [2.24, 2.45) is 0 Å². The van der Waals surface area contributed by atoms with Crippen LogP contribution in [0, 0.1) is 0 Å². The lowest BCUT2D eigenvalue weighted by Gasteiger charge is -2.03. The average molecular weight is 255 g/mol. The van der Waals surface area contributed by atoms with Gasteiger partial charge in [0.2, 0.25) is 0 Å². The Hall–Kier alpha value is -0.600. The summed E-state index contributed by atoms with van der Waals surface area (Å²) in [5, 5.41) is 8.66. The van der Waals surface area contributed by atoms with Crippen LogP contribution in [0.1, 0.15) is 24.5 Å². The van der Waals surface area contributed by atoms with E-state index in [0.717, 1.165) is 17.3 Å². The van der Waals surface area contributed by atoms with Crippen LogP contribution < -0.4 is 0 Å². The second-order valence-corrected chi connectivity index (χ2v) is 4.03. The predicted octanol–water partition coefficient (Wildman–Crippen LogP) is 3.41. The van der Waals surface area contributed by atoms with Crippen molar-refractivity contribution in [2.75, 3.05) is 6.61 Å². The molecule has 0 aliphatic rings. The van der Waals surface area contributed by atoms with E-state index in [4.69, 9.17) is 5.11 Å².